The van der Waals surface area contributed by atoms with Crippen LogP contribution in [0.4, 0.5) is 0 Å². The minimum Gasteiger partial charge on any atom is -0.351 e. The van der Waals surface area contributed by atoms with Crippen molar-refractivity contribution in [1.29, 1.82) is 0 Å². The topological polar surface area (TPSA) is 29.1 Å². The highest BCUT2D eigenvalue weighted by Crippen LogP contribution is 2.10. The fraction of sp³-hybridized carbons (Fsp3) is 0.417. The predicted molar refractivity (Wildman–Crippen MR) is 63.1 cm³/mol. The molecule has 1 aromatic carbocycles. The third-order valence-corrected chi connectivity index (χ3v) is 2.51. The van der Waals surface area contributed by atoms with Gasteiger partial charge in [-0.1, -0.05) is 23.8 Å². The van der Waals surface area contributed by atoms with Crippen LogP contribution in [-0.2, 0) is 11.3 Å². The summed E-state index contributed by atoms with van der Waals surface area (Å²) in [5, 5.41) is 2.31. The molecule has 0 aliphatic heterocycles. The van der Waals surface area contributed by atoms with Gasteiger partial charge >= 0.3 is 0 Å². The van der Waals surface area contributed by atoms with Crippen LogP contribution >= 0.6 is 11.6 Å². The Labute approximate surface area is 95.6 Å². The van der Waals surface area contributed by atoms with Crippen molar-refractivity contribution in [3.63, 3.8) is 0 Å². The zero-order valence-corrected chi connectivity index (χ0v) is 10.1. The van der Waals surface area contributed by atoms with Crippen molar-refractivity contribution in [2.45, 2.75) is 32.7 Å². The number of hydrogen-bond donors (Lipinski definition) is 1. The fourth-order valence-electron chi connectivity index (χ4n) is 1.37. The van der Waals surface area contributed by atoms with E-state index in [1.165, 1.54) is 11.1 Å². The predicted octanol–water partition coefficient (Wildman–Crippen LogP) is 2.55. The molecule has 0 aromatic heterocycles. The molecule has 15 heavy (non-hydrogen) atoms. The zero-order chi connectivity index (χ0) is 11.4. The van der Waals surface area contributed by atoms with Gasteiger partial charge in [0.2, 0.25) is 5.91 Å². The largest absolute Gasteiger partial charge is 0.351 e. The monoisotopic (exact) mass is 225 g/mol. The number of aryl methyl sites for hydroxylation is 2. The van der Waals surface area contributed by atoms with Gasteiger partial charge in [0.1, 0.15) is 5.38 Å². The lowest BCUT2D eigenvalue weighted by Gasteiger charge is -2.09. The molecule has 1 amide bonds. The molecule has 1 rings (SSSR count). The lowest BCUT2D eigenvalue weighted by molar-refractivity contribution is -0.120. The molecular formula is C12H16ClNO. The maximum atomic E-state index is 11.3. The van der Waals surface area contributed by atoms with E-state index in [4.69, 9.17) is 11.6 Å². The minimum absolute atomic E-state index is 0.128. The van der Waals surface area contributed by atoms with Crippen LogP contribution in [0.15, 0.2) is 18.2 Å². The molecule has 1 N–H and O–H groups in total. The van der Waals surface area contributed by atoms with Crippen molar-refractivity contribution in [2.24, 2.45) is 0 Å². The van der Waals surface area contributed by atoms with Gasteiger partial charge in [0.05, 0.1) is 0 Å². The van der Waals surface area contributed by atoms with Crippen LogP contribution in [0.2, 0.25) is 0 Å². The van der Waals surface area contributed by atoms with Crippen LogP contribution in [-0.4, -0.2) is 11.3 Å². The summed E-state index contributed by atoms with van der Waals surface area (Å²) in [6.45, 7) is 6.30. The number of alkyl halides is 1. The Balaban J connectivity index is 2.62. The quantitative estimate of drug-likeness (QED) is 0.788. The summed E-state index contributed by atoms with van der Waals surface area (Å²) in [5.74, 6) is -0.128. The molecule has 82 valence electrons. The van der Waals surface area contributed by atoms with Crippen LogP contribution < -0.4 is 5.32 Å². The van der Waals surface area contributed by atoms with Gasteiger partial charge in [0.25, 0.3) is 0 Å². The van der Waals surface area contributed by atoms with Crippen molar-refractivity contribution in [2.75, 3.05) is 0 Å². The average molecular weight is 226 g/mol. The Morgan fingerprint density at radius 1 is 1.47 bits per heavy atom. The molecule has 0 heterocycles. The van der Waals surface area contributed by atoms with Crippen LogP contribution in [0.3, 0.4) is 0 Å². The molecular weight excluding hydrogens is 210 g/mol. The Bertz CT molecular complexity index is 361. The third-order valence-electron chi connectivity index (χ3n) is 2.31. The smallest absolute Gasteiger partial charge is 0.238 e. The zero-order valence-electron chi connectivity index (χ0n) is 9.30. The molecule has 0 saturated heterocycles. The number of carbonyl (C=O) groups excluding carboxylic acids is 1. The van der Waals surface area contributed by atoms with Gasteiger partial charge in [-0.3, -0.25) is 4.79 Å². The molecule has 1 atom stereocenters. The molecule has 0 radical (unpaired) electrons. The third kappa shape index (κ3) is 3.56. The van der Waals surface area contributed by atoms with E-state index in [9.17, 15) is 4.79 Å². The summed E-state index contributed by atoms with van der Waals surface area (Å²) < 4.78 is 0. The standard InChI is InChI=1S/C12H16ClNO/c1-8-4-5-11(9(2)6-8)7-14-12(15)10(3)13/h4-6,10H,7H2,1-3H3,(H,14,15). The van der Waals surface area contributed by atoms with Crippen LogP contribution in [0.1, 0.15) is 23.6 Å². The van der Waals surface area contributed by atoms with Crippen molar-refractivity contribution < 1.29 is 4.79 Å². The number of amides is 1. The summed E-state index contributed by atoms with van der Waals surface area (Å²) in [7, 11) is 0. The highest BCUT2D eigenvalue weighted by Gasteiger charge is 2.08. The Morgan fingerprint density at radius 3 is 2.67 bits per heavy atom. The summed E-state index contributed by atoms with van der Waals surface area (Å²) >= 11 is 5.65. The maximum absolute atomic E-state index is 11.3. The summed E-state index contributed by atoms with van der Waals surface area (Å²) in [4.78, 5) is 11.3. The van der Waals surface area contributed by atoms with E-state index in [0.717, 1.165) is 5.56 Å². The van der Waals surface area contributed by atoms with Crippen LogP contribution in [0, 0.1) is 13.8 Å². The average Bonchev–Trinajstić information content (AvgIpc) is 2.15. The Kier molecular flexibility index (Phi) is 4.15. The number of carbonyl (C=O) groups is 1. The maximum Gasteiger partial charge on any atom is 0.238 e. The summed E-state index contributed by atoms with van der Waals surface area (Å²) in [6, 6.07) is 6.17. The van der Waals surface area contributed by atoms with Gasteiger partial charge in [-0.2, -0.15) is 0 Å². The van der Waals surface area contributed by atoms with E-state index in [1.807, 2.05) is 19.1 Å². The van der Waals surface area contributed by atoms with Gasteiger partial charge in [0, 0.05) is 6.54 Å². The first kappa shape index (κ1) is 12.1. The van der Waals surface area contributed by atoms with Crippen molar-refractivity contribution in [1.82, 2.24) is 5.32 Å². The van der Waals surface area contributed by atoms with Crippen LogP contribution in [0.25, 0.3) is 0 Å². The molecule has 0 saturated carbocycles. The lowest BCUT2D eigenvalue weighted by atomic mass is 10.1. The van der Waals surface area contributed by atoms with Crippen molar-refractivity contribution in [3.8, 4) is 0 Å². The van der Waals surface area contributed by atoms with E-state index in [1.54, 1.807) is 6.92 Å². The van der Waals surface area contributed by atoms with E-state index in [2.05, 4.69) is 18.3 Å². The highest BCUT2D eigenvalue weighted by atomic mass is 35.5. The SMILES string of the molecule is Cc1ccc(CNC(=O)C(C)Cl)c(C)c1. The molecule has 0 aliphatic carbocycles. The summed E-state index contributed by atoms with van der Waals surface area (Å²) in [6.07, 6.45) is 0. The molecule has 0 spiro atoms. The van der Waals surface area contributed by atoms with Gasteiger partial charge in [-0.25, -0.2) is 0 Å². The van der Waals surface area contributed by atoms with Crippen molar-refractivity contribution in [3.05, 3.63) is 34.9 Å². The first-order valence-corrected chi connectivity index (χ1v) is 5.42. The van der Waals surface area contributed by atoms with Crippen molar-refractivity contribution >= 4 is 17.5 Å². The van der Waals surface area contributed by atoms with E-state index in [-0.39, 0.29) is 5.91 Å². The summed E-state index contributed by atoms with van der Waals surface area (Å²) in [5.41, 5.74) is 3.55. The van der Waals surface area contributed by atoms with E-state index < -0.39 is 5.38 Å². The Morgan fingerprint density at radius 2 is 2.13 bits per heavy atom. The molecule has 0 aliphatic rings. The van der Waals surface area contributed by atoms with Gasteiger partial charge in [-0.05, 0) is 31.9 Å². The fourth-order valence-corrected chi connectivity index (χ4v) is 1.44. The molecule has 2 nitrogen and oxygen atoms in total. The first-order chi connectivity index (χ1) is 7.00. The molecule has 3 heteroatoms. The normalized spacial score (nSPS) is 12.3. The van der Waals surface area contributed by atoms with Gasteiger partial charge < -0.3 is 5.32 Å². The Hall–Kier alpha value is -1.02. The van der Waals surface area contributed by atoms with Gasteiger partial charge in [0.15, 0.2) is 0 Å². The number of benzene rings is 1. The first-order valence-electron chi connectivity index (χ1n) is 4.98. The number of rotatable bonds is 3. The number of hydrogen-bond acceptors (Lipinski definition) is 1. The van der Waals surface area contributed by atoms with Gasteiger partial charge in [-0.15, -0.1) is 11.6 Å². The minimum atomic E-state index is -0.476. The second kappa shape index (κ2) is 5.17. The number of halogens is 1. The number of nitrogens with one attached hydrogen (secondary N) is 1. The second-order valence-electron chi connectivity index (χ2n) is 3.76. The lowest BCUT2D eigenvalue weighted by Crippen LogP contribution is -2.29. The molecule has 1 unspecified atom stereocenters. The van der Waals surface area contributed by atoms with Crippen LogP contribution in [0.5, 0.6) is 0 Å². The highest BCUT2D eigenvalue weighted by molar-refractivity contribution is 6.30. The van der Waals surface area contributed by atoms with E-state index >= 15 is 0 Å². The van der Waals surface area contributed by atoms with E-state index in [0.29, 0.717) is 6.54 Å². The molecule has 0 fully saturated rings. The molecule has 1 aromatic rings. The second-order valence-corrected chi connectivity index (χ2v) is 4.42. The molecule has 0 bridgehead atoms.